The highest BCUT2D eigenvalue weighted by Gasteiger charge is 2.24. The van der Waals surface area contributed by atoms with Crippen LogP contribution in [-0.2, 0) is 4.74 Å². The van der Waals surface area contributed by atoms with Crippen molar-refractivity contribution >= 4 is 22.6 Å². The molecule has 5 heteroatoms. The molecule has 21 heavy (non-hydrogen) atoms. The molecule has 0 aliphatic carbocycles. The van der Waals surface area contributed by atoms with Crippen LogP contribution in [0.25, 0.3) is 10.9 Å². The third kappa shape index (κ3) is 2.69. The van der Waals surface area contributed by atoms with Gasteiger partial charge >= 0.3 is 0 Å². The Bertz CT molecular complexity index is 670. The van der Waals surface area contributed by atoms with Crippen LogP contribution in [0.3, 0.4) is 0 Å². The molecule has 1 atom stereocenters. The molecule has 0 bridgehead atoms. The van der Waals surface area contributed by atoms with Crippen molar-refractivity contribution in [1.82, 2.24) is 4.98 Å². The highest BCUT2D eigenvalue weighted by molar-refractivity contribution is 6.07. The number of ether oxygens (including phenoxy) is 1. The van der Waals surface area contributed by atoms with Gasteiger partial charge in [-0.15, -0.1) is 0 Å². The van der Waals surface area contributed by atoms with Gasteiger partial charge in [0.1, 0.15) is 11.7 Å². The van der Waals surface area contributed by atoms with Gasteiger partial charge < -0.3 is 15.4 Å². The Labute approximate surface area is 124 Å². The first kappa shape index (κ1) is 13.8. The predicted molar refractivity (Wildman–Crippen MR) is 85.0 cm³/mol. The van der Waals surface area contributed by atoms with Gasteiger partial charge in [-0.3, -0.25) is 5.41 Å². The highest BCUT2D eigenvalue weighted by Crippen LogP contribution is 2.27. The molecular weight excluding hydrogens is 264 g/mol. The Hall–Kier alpha value is -2.14. The van der Waals surface area contributed by atoms with Crippen molar-refractivity contribution < 1.29 is 4.74 Å². The second kappa shape index (κ2) is 5.69. The van der Waals surface area contributed by atoms with E-state index >= 15 is 0 Å². The average molecular weight is 284 g/mol. The van der Waals surface area contributed by atoms with E-state index in [1.807, 2.05) is 30.3 Å². The quantitative estimate of drug-likeness (QED) is 0.665. The average Bonchev–Trinajstić information content (AvgIpc) is 2.95. The second-order valence-corrected chi connectivity index (χ2v) is 5.51. The molecule has 1 saturated heterocycles. The molecule has 0 spiro atoms. The molecule has 5 nitrogen and oxygen atoms in total. The van der Waals surface area contributed by atoms with Crippen LogP contribution in [0.15, 0.2) is 30.3 Å². The number of methoxy groups -OCH3 is 1. The molecule has 0 amide bonds. The number of aromatic nitrogens is 1. The monoisotopic (exact) mass is 284 g/mol. The number of hydrogen-bond acceptors (Lipinski definition) is 4. The van der Waals surface area contributed by atoms with Gasteiger partial charge in [-0.1, -0.05) is 18.2 Å². The fraction of sp³-hybridized carbons (Fsp3) is 0.375. The molecule has 1 aromatic heterocycles. The SMILES string of the molecule is COCC1CCN(c2cc(C(=N)N)c3ccccc3n2)C1. The molecular formula is C16H20N4O. The van der Waals surface area contributed by atoms with E-state index in [-0.39, 0.29) is 5.84 Å². The standard InChI is InChI=1S/C16H20N4O/c1-21-10-11-6-7-20(9-11)15-8-13(16(17)18)12-4-2-3-5-14(12)19-15/h2-5,8,11H,6-7,9-10H2,1H3,(H3,17,18). The number of nitrogens with zero attached hydrogens (tertiary/aromatic N) is 2. The lowest BCUT2D eigenvalue weighted by Crippen LogP contribution is -2.23. The first-order chi connectivity index (χ1) is 10.2. The zero-order chi connectivity index (χ0) is 14.8. The van der Waals surface area contributed by atoms with Gasteiger partial charge in [0, 0.05) is 37.1 Å². The van der Waals surface area contributed by atoms with E-state index in [0.717, 1.165) is 48.4 Å². The zero-order valence-electron chi connectivity index (χ0n) is 12.2. The van der Waals surface area contributed by atoms with Gasteiger partial charge in [0.25, 0.3) is 0 Å². The van der Waals surface area contributed by atoms with Gasteiger partial charge in [-0.05, 0) is 18.6 Å². The number of anilines is 1. The summed E-state index contributed by atoms with van der Waals surface area (Å²) in [6, 6.07) is 9.76. The minimum absolute atomic E-state index is 0.0856. The van der Waals surface area contributed by atoms with E-state index in [2.05, 4.69) is 4.90 Å². The molecule has 0 saturated carbocycles. The van der Waals surface area contributed by atoms with Crippen LogP contribution in [0.4, 0.5) is 5.82 Å². The van der Waals surface area contributed by atoms with Crippen molar-refractivity contribution in [1.29, 1.82) is 5.41 Å². The molecule has 3 N–H and O–H groups in total. The molecule has 0 radical (unpaired) electrons. The second-order valence-electron chi connectivity index (χ2n) is 5.51. The molecule has 1 aliphatic rings. The van der Waals surface area contributed by atoms with Crippen molar-refractivity contribution in [2.24, 2.45) is 11.7 Å². The third-order valence-corrected chi connectivity index (χ3v) is 4.01. The zero-order valence-corrected chi connectivity index (χ0v) is 12.2. The Morgan fingerprint density at radius 2 is 2.29 bits per heavy atom. The number of hydrogen-bond donors (Lipinski definition) is 2. The number of para-hydroxylation sites is 1. The molecule has 110 valence electrons. The van der Waals surface area contributed by atoms with Crippen molar-refractivity contribution in [2.75, 3.05) is 31.7 Å². The first-order valence-corrected chi connectivity index (χ1v) is 7.17. The molecule has 2 aromatic rings. The lowest BCUT2D eigenvalue weighted by Gasteiger charge is -2.19. The van der Waals surface area contributed by atoms with Crippen LogP contribution in [0.2, 0.25) is 0 Å². The smallest absolute Gasteiger partial charge is 0.129 e. The summed E-state index contributed by atoms with van der Waals surface area (Å²) >= 11 is 0. The summed E-state index contributed by atoms with van der Waals surface area (Å²) in [7, 11) is 1.74. The Balaban J connectivity index is 1.98. The predicted octanol–water partition coefficient (Wildman–Crippen LogP) is 1.99. The lowest BCUT2D eigenvalue weighted by molar-refractivity contribution is 0.161. The highest BCUT2D eigenvalue weighted by atomic mass is 16.5. The largest absolute Gasteiger partial charge is 0.384 e. The molecule has 1 unspecified atom stereocenters. The number of fused-ring (bicyclic) bond motifs is 1. The summed E-state index contributed by atoms with van der Waals surface area (Å²) in [6.07, 6.45) is 1.11. The Morgan fingerprint density at radius 3 is 3.05 bits per heavy atom. The van der Waals surface area contributed by atoms with E-state index in [4.69, 9.17) is 20.9 Å². The number of benzene rings is 1. The molecule has 2 heterocycles. The van der Waals surface area contributed by atoms with Crippen LogP contribution in [-0.4, -0.2) is 37.6 Å². The molecule has 1 aromatic carbocycles. The summed E-state index contributed by atoms with van der Waals surface area (Å²) < 4.78 is 5.24. The van der Waals surface area contributed by atoms with Crippen LogP contribution < -0.4 is 10.6 Å². The van der Waals surface area contributed by atoms with Crippen molar-refractivity contribution in [3.63, 3.8) is 0 Å². The Kier molecular flexibility index (Phi) is 3.75. The maximum absolute atomic E-state index is 7.80. The first-order valence-electron chi connectivity index (χ1n) is 7.17. The molecule has 1 fully saturated rings. The van der Waals surface area contributed by atoms with Gasteiger partial charge in [0.15, 0.2) is 0 Å². The fourth-order valence-corrected chi connectivity index (χ4v) is 2.96. The summed E-state index contributed by atoms with van der Waals surface area (Å²) in [5.41, 5.74) is 7.38. The van der Waals surface area contributed by atoms with Gasteiger partial charge in [-0.2, -0.15) is 0 Å². The normalized spacial score (nSPS) is 18.3. The van der Waals surface area contributed by atoms with E-state index in [1.54, 1.807) is 7.11 Å². The lowest BCUT2D eigenvalue weighted by atomic mass is 10.1. The van der Waals surface area contributed by atoms with E-state index < -0.39 is 0 Å². The summed E-state index contributed by atoms with van der Waals surface area (Å²) in [5.74, 6) is 1.53. The number of pyridine rings is 1. The topological polar surface area (TPSA) is 75.2 Å². The number of nitrogen functional groups attached to an aromatic ring is 1. The van der Waals surface area contributed by atoms with E-state index in [1.165, 1.54) is 0 Å². The summed E-state index contributed by atoms with van der Waals surface area (Å²) in [6.45, 7) is 2.69. The minimum atomic E-state index is 0.0856. The Morgan fingerprint density at radius 1 is 1.48 bits per heavy atom. The number of nitrogens with one attached hydrogen (secondary N) is 1. The molecule has 3 rings (SSSR count). The van der Waals surface area contributed by atoms with Crippen LogP contribution >= 0.6 is 0 Å². The minimum Gasteiger partial charge on any atom is -0.384 e. The van der Waals surface area contributed by atoms with Crippen LogP contribution in [0.5, 0.6) is 0 Å². The number of nitrogens with two attached hydrogens (primary N) is 1. The van der Waals surface area contributed by atoms with Crippen molar-refractivity contribution in [3.05, 3.63) is 35.9 Å². The number of amidine groups is 1. The van der Waals surface area contributed by atoms with Crippen LogP contribution in [0.1, 0.15) is 12.0 Å². The van der Waals surface area contributed by atoms with E-state index in [0.29, 0.717) is 5.92 Å². The van der Waals surface area contributed by atoms with Gasteiger partial charge in [0.05, 0.1) is 12.1 Å². The maximum atomic E-state index is 7.80. The van der Waals surface area contributed by atoms with Crippen molar-refractivity contribution in [3.8, 4) is 0 Å². The summed E-state index contributed by atoms with van der Waals surface area (Å²) in [4.78, 5) is 6.98. The molecule has 1 aliphatic heterocycles. The van der Waals surface area contributed by atoms with Crippen molar-refractivity contribution in [2.45, 2.75) is 6.42 Å². The maximum Gasteiger partial charge on any atom is 0.129 e. The number of rotatable bonds is 4. The third-order valence-electron chi connectivity index (χ3n) is 4.01. The van der Waals surface area contributed by atoms with Crippen LogP contribution in [0, 0.1) is 11.3 Å². The summed E-state index contributed by atoms with van der Waals surface area (Å²) in [5, 5.41) is 8.73. The van der Waals surface area contributed by atoms with Gasteiger partial charge in [-0.25, -0.2) is 4.98 Å². The van der Waals surface area contributed by atoms with Gasteiger partial charge in [0.2, 0.25) is 0 Å². The fourth-order valence-electron chi connectivity index (χ4n) is 2.96. The van der Waals surface area contributed by atoms with E-state index in [9.17, 15) is 0 Å².